The van der Waals surface area contributed by atoms with Gasteiger partial charge in [-0.15, -0.1) is 0 Å². The second-order valence-corrected chi connectivity index (χ2v) is 8.36. The van der Waals surface area contributed by atoms with Crippen molar-refractivity contribution in [2.24, 2.45) is 0 Å². The van der Waals surface area contributed by atoms with Crippen molar-refractivity contribution in [3.63, 3.8) is 0 Å². The van der Waals surface area contributed by atoms with Crippen molar-refractivity contribution >= 4 is 27.3 Å². The second kappa shape index (κ2) is 8.62. The topological polar surface area (TPSA) is 75.3 Å². The molecule has 0 aliphatic carbocycles. The lowest BCUT2D eigenvalue weighted by Crippen LogP contribution is -2.15. The minimum absolute atomic E-state index is 0.182. The van der Waals surface area contributed by atoms with Crippen LogP contribution in [0, 0.1) is 18.6 Å². The first-order valence-corrected chi connectivity index (χ1v) is 10.7. The van der Waals surface area contributed by atoms with E-state index in [1.165, 1.54) is 24.3 Å². The van der Waals surface area contributed by atoms with Crippen molar-refractivity contribution in [3.05, 3.63) is 89.0 Å². The molecule has 3 aromatic rings. The van der Waals surface area contributed by atoms with Crippen LogP contribution in [0.25, 0.3) is 0 Å². The number of carbonyl (C=O) groups is 1. The summed E-state index contributed by atoms with van der Waals surface area (Å²) in [5.41, 5.74) is 3.24. The van der Waals surface area contributed by atoms with Crippen molar-refractivity contribution in [2.45, 2.75) is 25.2 Å². The average Bonchev–Trinajstić information content (AvgIpc) is 2.71. The molecule has 156 valence electrons. The maximum absolute atomic E-state index is 13.3. The first-order valence-electron chi connectivity index (χ1n) is 9.19. The smallest absolute Gasteiger partial charge is 0.261 e. The number of para-hydroxylation sites is 1. The highest BCUT2D eigenvalue weighted by Gasteiger charge is 2.17. The van der Waals surface area contributed by atoms with Gasteiger partial charge in [0.2, 0.25) is 0 Å². The fourth-order valence-electron chi connectivity index (χ4n) is 2.94. The van der Waals surface area contributed by atoms with E-state index in [1.807, 2.05) is 32.0 Å². The average molecular weight is 430 g/mol. The van der Waals surface area contributed by atoms with Crippen LogP contribution in [-0.4, -0.2) is 14.3 Å². The third kappa shape index (κ3) is 4.65. The fraction of sp³-hybridized carbons (Fsp3) is 0.136. The summed E-state index contributed by atoms with van der Waals surface area (Å²) in [5, 5.41) is 2.90. The molecule has 0 atom stereocenters. The quantitative estimate of drug-likeness (QED) is 0.585. The van der Waals surface area contributed by atoms with E-state index < -0.39 is 26.6 Å². The number of nitrogens with one attached hydrogen (secondary N) is 2. The molecule has 0 saturated carbocycles. The van der Waals surface area contributed by atoms with Crippen molar-refractivity contribution in [2.75, 3.05) is 10.0 Å². The van der Waals surface area contributed by atoms with Crippen LogP contribution in [0.15, 0.2) is 65.6 Å². The largest absolute Gasteiger partial charge is 0.321 e. The minimum atomic E-state index is -4.11. The Bertz CT molecular complexity index is 1190. The molecule has 0 aliphatic heterocycles. The predicted molar refractivity (Wildman–Crippen MR) is 112 cm³/mol. The zero-order valence-corrected chi connectivity index (χ0v) is 17.2. The number of hydrogen-bond donors (Lipinski definition) is 2. The Labute approximate surface area is 173 Å². The summed E-state index contributed by atoms with van der Waals surface area (Å²) in [6.45, 7) is 3.91. The van der Waals surface area contributed by atoms with Gasteiger partial charge >= 0.3 is 0 Å². The molecule has 3 aromatic carbocycles. The van der Waals surface area contributed by atoms with Gasteiger partial charge in [-0.2, -0.15) is 0 Å². The van der Waals surface area contributed by atoms with Crippen LogP contribution in [-0.2, 0) is 16.4 Å². The van der Waals surface area contributed by atoms with Crippen LogP contribution >= 0.6 is 0 Å². The Kier molecular flexibility index (Phi) is 6.17. The van der Waals surface area contributed by atoms with Crippen LogP contribution < -0.4 is 10.0 Å². The molecule has 0 unspecified atom stereocenters. The molecule has 0 heterocycles. The van der Waals surface area contributed by atoms with Gasteiger partial charge in [0.1, 0.15) is 0 Å². The number of sulfonamides is 1. The molecule has 0 spiro atoms. The van der Waals surface area contributed by atoms with Crippen molar-refractivity contribution in [1.29, 1.82) is 0 Å². The van der Waals surface area contributed by atoms with Crippen molar-refractivity contribution < 1.29 is 22.0 Å². The van der Waals surface area contributed by atoms with Gasteiger partial charge in [0.05, 0.1) is 4.90 Å². The van der Waals surface area contributed by atoms with Crippen LogP contribution in [0.1, 0.15) is 28.4 Å². The Morgan fingerprint density at radius 1 is 0.967 bits per heavy atom. The minimum Gasteiger partial charge on any atom is -0.321 e. The van der Waals surface area contributed by atoms with E-state index >= 15 is 0 Å². The van der Waals surface area contributed by atoms with Gasteiger partial charge in [0, 0.05) is 16.9 Å². The molecule has 2 N–H and O–H groups in total. The van der Waals surface area contributed by atoms with Crippen LogP contribution in [0.5, 0.6) is 0 Å². The summed E-state index contributed by atoms with van der Waals surface area (Å²) in [4.78, 5) is 12.2. The Balaban J connectivity index is 1.76. The number of aryl methyl sites for hydroxylation is 2. The normalized spacial score (nSPS) is 11.2. The van der Waals surface area contributed by atoms with Crippen LogP contribution in [0.3, 0.4) is 0 Å². The lowest BCUT2D eigenvalue weighted by molar-refractivity contribution is 0.102. The highest BCUT2D eigenvalue weighted by atomic mass is 32.2. The van der Waals surface area contributed by atoms with Gasteiger partial charge in [-0.3, -0.25) is 9.52 Å². The highest BCUT2D eigenvalue weighted by molar-refractivity contribution is 7.92. The van der Waals surface area contributed by atoms with E-state index in [0.717, 1.165) is 35.4 Å². The second-order valence-electron chi connectivity index (χ2n) is 6.68. The van der Waals surface area contributed by atoms with Crippen LogP contribution in [0.4, 0.5) is 20.2 Å². The summed E-state index contributed by atoms with van der Waals surface area (Å²) in [6, 6.07) is 13.9. The third-order valence-corrected chi connectivity index (χ3v) is 5.96. The Hall–Kier alpha value is -3.26. The molecule has 3 rings (SSSR count). The molecular formula is C22H20F2N2O3S. The first-order chi connectivity index (χ1) is 14.2. The number of anilines is 2. The van der Waals surface area contributed by atoms with E-state index in [2.05, 4.69) is 10.0 Å². The lowest BCUT2D eigenvalue weighted by Gasteiger charge is -2.13. The molecule has 1 amide bonds. The van der Waals surface area contributed by atoms with Gasteiger partial charge < -0.3 is 5.32 Å². The monoisotopic (exact) mass is 430 g/mol. The molecule has 0 radical (unpaired) electrons. The van der Waals surface area contributed by atoms with Gasteiger partial charge in [-0.1, -0.05) is 25.1 Å². The molecule has 0 bridgehead atoms. The lowest BCUT2D eigenvalue weighted by atomic mass is 10.1. The van der Waals surface area contributed by atoms with Gasteiger partial charge in [0.25, 0.3) is 15.9 Å². The molecule has 5 nitrogen and oxygen atoms in total. The number of benzene rings is 3. The summed E-state index contributed by atoms with van der Waals surface area (Å²) < 4.78 is 53.4. The third-order valence-electron chi connectivity index (χ3n) is 4.58. The summed E-state index contributed by atoms with van der Waals surface area (Å²) in [7, 11) is -4.11. The number of carbonyl (C=O) groups excluding carboxylic acids is 1. The summed E-state index contributed by atoms with van der Waals surface area (Å²) in [5.74, 6) is -2.72. The van der Waals surface area contributed by atoms with E-state index in [1.54, 1.807) is 0 Å². The highest BCUT2D eigenvalue weighted by Crippen LogP contribution is 2.23. The van der Waals surface area contributed by atoms with E-state index in [4.69, 9.17) is 0 Å². The predicted octanol–water partition coefficient (Wildman–Crippen LogP) is 4.89. The van der Waals surface area contributed by atoms with Crippen molar-refractivity contribution in [3.8, 4) is 0 Å². The molecule has 8 heteroatoms. The SMILES string of the molecule is CCc1cccc(C)c1NC(=O)c1ccc(NS(=O)(=O)c2ccc(F)c(F)c2)cc1. The van der Waals surface area contributed by atoms with E-state index in [9.17, 15) is 22.0 Å². The molecule has 0 saturated heterocycles. The zero-order chi connectivity index (χ0) is 21.9. The number of hydrogen-bond acceptors (Lipinski definition) is 3. The first kappa shape index (κ1) is 21.4. The summed E-state index contributed by atoms with van der Waals surface area (Å²) >= 11 is 0. The maximum atomic E-state index is 13.3. The molecule has 30 heavy (non-hydrogen) atoms. The molecule has 0 aliphatic rings. The number of rotatable bonds is 6. The van der Waals surface area contributed by atoms with E-state index in [0.29, 0.717) is 11.6 Å². The summed E-state index contributed by atoms with van der Waals surface area (Å²) in [6.07, 6.45) is 0.766. The van der Waals surface area contributed by atoms with Gasteiger partial charge in [0.15, 0.2) is 11.6 Å². The fourth-order valence-corrected chi connectivity index (χ4v) is 4.01. The number of amides is 1. The van der Waals surface area contributed by atoms with Crippen molar-refractivity contribution in [1.82, 2.24) is 0 Å². The van der Waals surface area contributed by atoms with Crippen LogP contribution in [0.2, 0.25) is 0 Å². The maximum Gasteiger partial charge on any atom is 0.261 e. The molecule has 0 aromatic heterocycles. The molecule has 0 fully saturated rings. The van der Waals surface area contributed by atoms with E-state index in [-0.39, 0.29) is 11.6 Å². The number of halogens is 2. The standard InChI is InChI=1S/C22H20F2N2O3S/c1-3-15-6-4-5-14(2)21(15)25-22(27)16-7-9-17(10-8-16)26-30(28,29)18-11-12-19(23)20(24)13-18/h4-13,26H,3H2,1-2H3,(H,25,27). The zero-order valence-electron chi connectivity index (χ0n) is 16.4. The van der Waals surface area contributed by atoms with Gasteiger partial charge in [-0.25, -0.2) is 17.2 Å². The van der Waals surface area contributed by atoms with Gasteiger partial charge in [-0.05, 0) is 66.9 Å². The molecular weight excluding hydrogens is 410 g/mol. The Morgan fingerprint density at radius 3 is 2.30 bits per heavy atom. The Morgan fingerprint density at radius 2 is 1.67 bits per heavy atom.